The van der Waals surface area contributed by atoms with Crippen LogP contribution in [0.3, 0.4) is 0 Å². The number of hydrogen-bond donors (Lipinski definition) is 0. The predicted octanol–water partition coefficient (Wildman–Crippen LogP) is 4.66. The van der Waals surface area contributed by atoms with Crippen LogP contribution in [0.1, 0.15) is 29.9 Å². The summed E-state index contributed by atoms with van der Waals surface area (Å²) in [6.07, 6.45) is 0. The van der Waals surface area contributed by atoms with E-state index in [-0.39, 0.29) is 22.7 Å². The van der Waals surface area contributed by atoms with Crippen molar-refractivity contribution < 1.29 is 4.92 Å². The molecule has 0 aliphatic carbocycles. The van der Waals surface area contributed by atoms with E-state index in [4.69, 9.17) is 4.98 Å². The van der Waals surface area contributed by atoms with Crippen molar-refractivity contribution in [2.75, 3.05) is 0 Å². The maximum absolute atomic E-state index is 13.2. The fourth-order valence-corrected chi connectivity index (χ4v) is 4.85. The molecule has 3 aromatic rings. The maximum Gasteiger partial charge on any atom is 0.270 e. The SMILES string of the molecule is Cc1sc2nc(Sc3ccc([N+](=O)[O-])cc3C#N)n(CC(C)C)c(=O)c2c1C. The molecule has 144 valence electrons. The molecule has 0 aliphatic rings. The Hall–Kier alpha value is -2.70. The highest BCUT2D eigenvalue weighted by atomic mass is 32.2. The molecule has 9 heteroatoms. The molecule has 0 spiro atoms. The van der Waals surface area contributed by atoms with E-state index in [1.54, 1.807) is 4.57 Å². The molecule has 0 saturated carbocycles. The second kappa shape index (κ2) is 7.73. The highest BCUT2D eigenvalue weighted by Gasteiger charge is 2.19. The molecule has 0 saturated heterocycles. The molecule has 0 atom stereocenters. The van der Waals surface area contributed by atoms with Crippen LogP contribution < -0.4 is 5.56 Å². The van der Waals surface area contributed by atoms with Crippen molar-refractivity contribution >= 4 is 39.0 Å². The highest BCUT2D eigenvalue weighted by molar-refractivity contribution is 7.99. The lowest BCUT2D eigenvalue weighted by atomic mass is 10.2. The van der Waals surface area contributed by atoms with Gasteiger partial charge in [0.25, 0.3) is 11.2 Å². The molecule has 1 aromatic carbocycles. The molecular weight excluding hydrogens is 396 g/mol. The monoisotopic (exact) mass is 414 g/mol. The number of nitro groups is 1. The second-order valence-electron chi connectivity index (χ2n) is 6.82. The van der Waals surface area contributed by atoms with E-state index in [0.717, 1.165) is 10.4 Å². The lowest BCUT2D eigenvalue weighted by Crippen LogP contribution is -2.25. The number of nitrogens with zero attached hydrogens (tertiary/aromatic N) is 4. The van der Waals surface area contributed by atoms with E-state index in [1.165, 1.54) is 41.3 Å². The Balaban J connectivity index is 2.19. The lowest BCUT2D eigenvalue weighted by Gasteiger charge is -2.14. The molecule has 0 amide bonds. The van der Waals surface area contributed by atoms with E-state index in [2.05, 4.69) is 0 Å². The quantitative estimate of drug-likeness (QED) is 0.342. The summed E-state index contributed by atoms with van der Waals surface area (Å²) in [5.41, 5.74) is 0.889. The summed E-state index contributed by atoms with van der Waals surface area (Å²) >= 11 is 2.65. The van der Waals surface area contributed by atoms with Gasteiger partial charge in [-0.2, -0.15) is 5.26 Å². The second-order valence-corrected chi connectivity index (χ2v) is 9.03. The standard InChI is InChI=1S/C19H18N4O3S2/c1-10(2)9-22-18(24)16-11(3)12(4)27-17(16)21-19(22)28-15-6-5-14(23(25)26)7-13(15)8-20/h5-7,10H,9H2,1-4H3. The van der Waals surface area contributed by atoms with Crippen molar-refractivity contribution in [1.29, 1.82) is 5.26 Å². The van der Waals surface area contributed by atoms with Gasteiger partial charge in [0.15, 0.2) is 5.16 Å². The summed E-state index contributed by atoms with van der Waals surface area (Å²) in [5, 5.41) is 21.5. The maximum atomic E-state index is 13.2. The molecule has 0 bridgehead atoms. The smallest absolute Gasteiger partial charge is 0.270 e. The van der Waals surface area contributed by atoms with Crippen molar-refractivity contribution in [3.8, 4) is 6.07 Å². The van der Waals surface area contributed by atoms with Crippen LogP contribution in [0, 0.1) is 41.2 Å². The predicted molar refractivity (Wildman–Crippen MR) is 110 cm³/mol. The average molecular weight is 415 g/mol. The largest absolute Gasteiger partial charge is 0.286 e. The van der Waals surface area contributed by atoms with Crippen LogP contribution in [0.4, 0.5) is 5.69 Å². The minimum Gasteiger partial charge on any atom is -0.286 e. The zero-order valence-corrected chi connectivity index (χ0v) is 17.5. The number of thiophene rings is 1. The van der Waals surface area contributed by atoms with Crippen molar-refractivity contribution in [2.45, 2.75) is 44.3 Å². The summed E-state index contributed by atoms with van der Waals surface area (Å²) in [4.78, 5) is 30.6. The van der Waals surface area contributed by atoms with Gasteiger partial charge in [0.1, 0.15) is 10.9 Å². The van der Waals surface area contributed by atoms with Crippen molar-refractivity contribution in [1.82, 2.24) is 9.55 Å². The number of aryl methyl sites for hydroxylation is 2. The number of nitriles is 1. The van der Waals surface area contributed by atoms with Crippen molar-refractivity contribution in [3.05, 3.63) is 54.7 Å². The van der Waals surface area contributed by atoms with Crippen LogP contribution in [0.5, 0.6) is 0 Å². The molecule has 0 N–H and O–H groups in total. The number of rotatable bonds is 5. The third-order valence-corrected chi connectivity index (χ3v) is 6.47. The molecule has 2 aromatic heterocycles. The van der Waals surface area contributed by atoms with Crippen LogP contribution in [0.15, 0.2) is 33.0 Å². The lowest BCUT2D eigenvalue weighted by molar-refractivity contribution is -0.384. The van der Waals surface area contributed by atoms with E-state index in [9.17, 15) is 20.2 Å². The van der Waals surface area contributed by atoms with E-state index in [0.29, 0.717) is 26.8 Å². The molecule has 0 unspecified atom stereocenters. The molecule has 2 heterocycles. The fraction of sp³-hybridized carbons (Fsp3) is 0.316. The zero-order valence-electron chi connectivity index (χ0n) is 15.8. The van der Waals surface area contributed by atoms with Gasteiger partial charge in [-0.1, -0.05) is 25.6 Å². The molecule has 3 rings (SSSR count). The number of benzene rings is 1. The van der Waals surface area contributed by atoms with Crippen molar-refractivity contribution in [3.63, 3.8) is 0 Å². The van der Waals surface area contributed by atoms with Gasteiger partial charge >= 0.3 is 0 Å². The first-order valence-electron chi connectivity index (χ1n) is 8.59. The first-order valence-corrected chi connectivity index (χ1v) is 10.2. The summed E-state index contributed by atoms with van der Waals surface area (Å²) in [6, 6.07) is 6.12. The van der Waals surface area contributed by atoms with Crippen molar-refractivity contribution in [2.24, 2.45) is 5.92 Å². The number of nitro benzene ring substituents is 1. The molecule has 28 heavy (non-hydrogen) atoms. The fourth-order valence-electron chi connectivity index (χ4n) is 2.82. The Morgan fingerprint density at radius 3 is 2.71 bits per heavy atom. The zero-order chi connectivity index (χ0) is 20.6. The van der Waals surface area contributed by atoms with Gasteiger partial charge in [-0.25, -0.2) is 4.98 Å². The topological polar surface area (TPSA) is 102 Å². The van der Waals surface area contributed by atoms with Crippen LogP contribution in [-0.2, 0) is 6.54 Å². The van der Waals surface area contributed by atoms with E-state index < -0.39 is 4.92 Å². The van der Waals surface area contributed by atoms with Gasteiger partial charge in [0.2, 0.25) is 0 Å². The van der Waals surface area contributed by atoms with Gasteiger partial charge in [-0.3, -0.25) is 19.5 Å². The van der Waals surface area contributed by atoms with Gasteiger partial charge in [0, 0.05) is 28.5 Å². The van der Waals surface area contributed by atoms with Gasteiger partial charge in [-0.05, 0) is 31.4 Å². The summed E-state index contributed by atoms with van der Waals surface area (Å²) in [5.74, 6) is 0.226. The van der Waals surface area contributed by atoms with Crippen LogP contribution in [0.25, 0.3) is 10.2 Å². The number of hydrogen-bond acceptors (Lipinski definition) is 7. The van der Waals surface area contributed by atoms with Crippen LogP contribution >= 0.6 is 23.1 Å². The summed E-state index contributed by atoms with van der Waals surface area (Å²) in [7, 11) is 0. The molecule has 7 nitrogen and oxygen atoms in total. The Morgan fingerprint density at radius 2 is 2.11 bits per heavy atom. The van der Waals surface area contributed by atoms with Crippen LogP contribution in [0.2, 0.25) is 0 Å². The molecule has 0 radical (unpaired) electrons. The third-order valence-electron chi connectivity index (χ3n) is 4.30. The molecule has 0 aliphatic heterocycles. The Bertz CT molecular complexity index is 1190. The normalized spacial score (nSPS) is 11.1. The van der Waals surface area contributed by atoms with Crippen LogP contribution in [-0.4, -0.2) is 14.5 Å². The Kier molecular flexibility index (Phi) is 5.54. The van der Waals surface area contributed by atoms with E-state index >= 15 is 0 Å². The molecular formula is C19H18N4O3S2. The highest BCUT2D eigenvalue weighted by Crippen LogP contribution is 2.34. The summed E-state index contributed by atoms with van der Waals surface area (Å²) < 4.78 is 1.64. The number of fused-ring (bicyclic) bond motifs is 1. The first kappa shape index (κ1) is 20.0. The minimum absolute atomic E-state index is 0.0940. The van der Waals surface area contributed by atoms with E-state index in [1.807, 2.05) is 33.8 Å². The van der Waals surface area contributed by atoms with Gasteiger partial charge < -0.3 is 0 Å². The first-order chi connectivity index (χ1) is 13.2. The van der Waals surface area contributed by atoms with Gasteiger partial charge in [-0.15, -0.1) is 11.3 Å². The number of non-ortho nitro benzene ring substituents is 1. The van der Waals surface area contributed by atoms with Gasteiger partial charge in [0.05, 0.1) is 15.9 Å². The Labute approximate surface area is 169 Å². The molecule has 0 fully saturated rings. The average Bonchev–Trinajstić information content (AvgIpc) is 2.92. The minimum atomic E-state index is -0.536. The summed E-state index contributed by atoms with van der Waals surface area (Å²) in [6.45, 7) is 8.42. The third kappa shape index (κ3) is 3.66. The Morgan fingerprint density at radius 1 is 1.39 bits per heavy atom. The number of aromatic nitrogens is 2.